The van der Waals surface area contributed by atoms with Crippen molar-refractivity contribution in [2.75, 3.05) is 14.2 Å². The van der Waals surface area contributed by atoms with Crippen molar-refractivity contribution in [2.24, 2.45) is 23.2 Å². The molecule has 2 saturated carbocycles. The summed E-state index contributed by atoms with van der Waals surface area (Å²) in [5, 5.41) is 0. The Hall–Kier alpha value is -1.36. The van der Waals surface area contributed by atoms with Gasteiger partial charge in [0, 0.05) is 0 Å². The molecule has 0 heterocycles. The SMILES string of the molecule is CC[Si](CC)(CC)C/C=C/CCCCCCC/C=C\C1CC(C(=O)OC)(C(=O)OC)C2CCCCC12. The molecule has 4 nitrogen and oxygen atoms in total. The maximum Gasteiger partial charge on any atom is 0.323 e. The zero-order chi connectivity index (χ0) is 26.4. The number of fused-ring (bicyclic) bond motifs is 1. The van der Waals surface area contributed by atoms with E-state index in [-0.39, 0.29) is 11.8 Å². The van der Waals surface area contributed by atoms with E-state index in [1.165, 1.54) is 83.3 Å². The normalized spacial score (nSPS) is 23.8. The Morgan fingerprint density at radius 1 is 0.806 bits per heavy atom. The number of hydrogen-bond donors (Lipinski definition) is 0. The van der Waals surface area contributed by atoms with Crippen molar-refractivity contribution in [3.63, 3.8) is 0 Å². The van der Waals surface area contributed by atoms with Crippen LogP contribution in [0.15, 0.2) is 24.3 Å². The fourth-order valence-corrected chi connectivity index (χ4v) is 10.1. The summed E-state index contributed by atoms with van der Waals surface area (Å²) < 4.78 is 10.3. The molecular formula is C31H54O4Si. The summed E-state index contributed by atoms with van der Waals surface area (Å²) in [7, 11) is 1.79. The van der Waals surface area contributed by atoms with Crippen molar-refractivity contribution in [3.05, 3.63) is 24.3 Å². The monoisotopic (exact) mass is 518 g/mol. The number of hydrogen-bond acceptors (Lipinski definition) is 4. The quantitative estimate of drug-likeness (QED) is 0.0675. The molecule has 2 fully saturated rings. The fourth-order valence-electron chi connectivity index (χ4n) is 7.05. The van der Waals surface area contributed by atoms with Crippen molar-refractivity contribution >= 4 is 20.0 Å². The number of rotatable bonds is 16. The average Bonchev–Trinajstić information content (AvgIpc) is 3.26. The van der Waals surface area contributed by atoms with Crippen LogP contribution in [0.25, 0.3) is 0 Å². The third kappa shape index (κ3) is 7.58. The van der Waals surface area contributed by atoms with Crippen LogP contribution in [0.5, 0.6) is 0 Å². The van der Waals surface area contributed by atoms with E-state index in [9.17, 15) is 9.59 Å². The molecule has 2 rings (SSSR count). The highest BCUT2D eigenvalue weighted by molar-refractivity contribution is 6.80. The molecule has 3 atom stereocenters. The summed E-state index contributed by atoms with van der Waals surface area (Å²) in [6.07, 6.45) is 23.0. The maximum absolute atomic E-state index is 12.8. The van der Waals surface area contributed by atoms with Gasteiger partial charge in [-0.15, -0.1) is 0 Å². The van der Waals surface area contributed by atoms with Crippen LogP contribution in [0.4, 0.5) is 0 Å². The van der Waals surface area contributed by atoms with E-state index in [4.69, 9.17) is 9.47 Å². The van der Waals surface area contributed by atoms with Gasteiger partial charge in [0.2, 0.25) is 0 Å². The van der Waals surface area contributed by atoms with Crippen LogP contribution in [0.3, 0.4) is 0 Å². The number of methoxy groups -OCH3 is 2. The minimum absolute atomic E-state index is 0.0412. The van der Waals surface area contributed by atoms with E-state index in [2.05, 4.69) is 45.1 Å². The Morgan fingerprint density at radius 2 is 1.36 bits per heavy atom. The molecule has 2 aliphatic carbocycles. The zero-order valence-electron chi connectivity index (χ0n) is 24.0. The van der Waals surface area contributed by atoms with Crippen molar-refractivity contribution in [1.29, 1.82) is 0 Å². The molecule has 0 aromatic carbocycles. The first-order valence-corrected chi connectivity index (χ1v) is 17.8. The molecule has 0 bridgehead atoms. The van der Waals surface area contributed by atoms with Crippen LogP contribution in [-0.4, -0.2) is 34.2 Å². The second-order valence-corrected chi connectivity index (χ2v) is 16.9. The van der Waals surface area contributed by atoms with E-state index in [1.807, 2.05) is 0 Å². The third-order valence-corrected chi connectivity index (χ3v) is 15.4. The highest BCUT2D eigenvalue weighted by Gasteiger charge is 2.63. The highest BCUT2D eigenvalue weighted by atomic mass is 28.3. The Kier molecular flexibility index (Phi) is 13.5. The summed E-state index contributed by atoms with van der Waals surface area (Å²) in [4.78, 5) is 25.7. The van der Waals surface area contributed by atoms with E-state index in [0.29, 0.717) is 12.3 Å². The van der Waals surface area contributed by atoms with Gasteiger partial charge in [0.15, 0.2) is 5.41 Å². The molecular weight excluding hydrogens is 464 g/mol. The highest BCUT2D eigenvalue weighted by Crippen LogP contribution is 2.57. The van der Waals surface area contributed by atoms with Crippen LogP contribution < -0.4 is 0 Å². The molecule has 3 unspecified atom stereocenters. The molecule has 0 aromatic rings. The number of carbonyl (C=O) groups excluding carboxylic acids is 2. The molecule has 0 amide bonds. The van der Waals surface area contributed by atoms with Crippen molar-refractivity contribution < 1.29 is 19.1 Å². The minimum atomic E-state index is -1.12. The number of esters is 2. The Morgan fingerprint density at radius 3 is 1.94 bits per heavy atom. The Bertz CT molecular complexity index is 700. The van der Waals surface area contributed by atoms with E-state index in [1.54, 1.807) is 0 Å². The Labute approximate surface area is 222 Å². The van der Waals surface area contributed by atoms with Gasteiger partial charge in [-0.25, -0.2) is 0 Å². The van der Waals surface area contributed by atoms with Gasteiger partial charge in [0.05, 0.1) is 22.3 Å². The van der Waals surface area contributed by atoms with Crippen LogP contribution in [0.1, 0.15) is 97.8 Å². The molecule has 0 aliphatic heterocycles. The summed E-state index contributed by atoms with van der Waals surface area (Å²) in [5.74, 6) is -0.130. The fraction of sp³-hybridized carbons (Fsp3) is 0.806. The minimum Gasteiger partial charge on any atom is -0.468 e. The lowest BCUT2D eigenvalue weighted by atomic mass is 9.69. The standard InChI is InChI=1S/C31H54O4Si/c1-6-36(7-2,8-3)24-20-16-14-12-10-9-11-13-15-17-21-26-25-31(29(32)34-4,30(33)35-5)28-23-19-18-22-27(26)28/h16-17,20-21,26-28H,6-15,18-19,22-25H2,1-5H3/b20-16+,21-17-. The topological polar surface area (TPSA) is 52.6 Å². The molecule has 36 heavy (non-hydrogen) atoms. The van der Waals surface area contributed by atoms with Gasteiger partial charge in [-0.3, -0.25) is 9.59 Å². The smallest absolute Gasteiger partial charge is 0.323 e. The van der Waals surface area contributed by atoms with Gasteiger partial charge in [-0.2, -0.15) is 0 Å². The Balaban J connectivity index is 1.72. The average molecular weight is 519 g/mol. The van der Waals surface area contributed by atoms with E-state index >= 15 is 0 Å². The first kappa shape index (κ1) is 30.9. The van der Waals surface area contributed by atoms with Crippen LogP contribution in [0, 0.1) is 23.2 Å². The van der Waals surface area contributed by atoms with E-state index < -0.39 is 25.4 Å². The van der Waals surface area contributed by atoms with E-state index in [0.717, 1.165) is 25.7 Å². The molecule has 0 spiro atoms. The molecule has 0 saturated heterocycles. The summed E-state index contributed by atoms with van der Waals surface area (Å²) in [5.41, 5.74) is -1.12. The molecule has 0 aromatic heterocycles. The predicted molar refractivity (Wildman–Crippen MR) is 153 cm³/mol. The lowest BCUT2D eigenvalue weighted by Gasteiger charge is -2.35. The maximum atomic E-state index is 12.8. The predicted octanol–water partition coefficient (Wildman–Crippen LogP) is 8.50. The van der Waals surface area contributed by atoms with Gasteiger partial charge in [0.25, 0.3) is 0 Å². The lowest BCUT2D eigenvalue weighted by Crippen LogP contribution is -2.46. The molecule has 2 aliphatic rings. The zero-order valence-corrected chi connectivity index (χ0v) is 25.0. The van der Waals surface area contributed by atoms with Crippen LogP contribution in [0.2, 0.25) is 24.2 Å². The largest absolute Gasteiger partial charge is 0.468 e. The first-order chi connectivity index (χ1) is 17.4. The van der Waals surface area contributed by atoms with Gasteiger partial charge >= 0.3 is 11.9 Å². The van der Waals surface area contributed by atoms with Gasteiger partial charge < -0.3 is 9.47 Å². The van der Waals surface area contributed by atoms with Crippen molar-refractivity contribution in [1.82, 2.24) is 0 Å². The van der Waals surface area contributed by atoms with Gasteiger partial charge in [-0.05, 0) is 68.7 Å². The molecule has 0 radical (unpaired) electrons. The van der Waals surface area contributed by atoms with Crippen molar-refractivity contribution in [3.8, 4) is 0 Å². The van der Waals surface area contributed by atoms with Gasteiger partial charge in [0.1, 0.15) is 0 Å². The summed E-state index contributed by atoms with van der Waals surface area (Å²) in [6, 6.07) is 5.61. The number of unbranched alkanes of at least 4 members (excludes halogenated alkanes) is 6. The number of carbonyl (C=O) groups is 2. The number of allylic oxidation sites excluding steroid dienone is 4. The second-order valence-electron chi connectivity index (χ2n) is 11.4. The van der Waals surface area contributed by atoms with Crippen molar-refractivity contribution in [2.45, 2.75) is 122 Å². The summed E-state index contributed by atoms with van der Waals surface area (Å²) >= 11 is 0. The third-order valence-electron chi connectivity index (χ3n) is 9.75. The first-order valence-electron chi connectivity index (χ1n) is 14.9. The second kappa shape index (κ2) is 15.8. The molecule has 5 heteroatoms. The molecule has 0 N–H and O–H groups in total. The summed E-state index contributed by atoms with van der Waals surface area (Å²) in [6.45, 7) is 7.17. The van der Waals surface area contributed by atoms with Gasteiger partial charge in [-0.1, -0.05) is 95.3 Å². The van der Waals surface area contributed by atoms with Crippen LogP contribution in [-0.2, 0) is 19.1 Å². The lowest BCUT2D eigenvalue weighted by molar-refractivity contribution is -0.173. The number of ether oxygens (including phenoxy) is 2. The van der Waals surface area contributed by atoms with Crippen LogP contribution >= 0.6 is 0 Å². The molecule has 206 valence electrons.